The molecule has 0 atom stereocenters. The molecular weight excluding hydrogens is 611 g/mol. The zero-order chi connectivity index (χ0) is 27.9. The van der Waals surface area contributed by atoms with E-state index in [1.54, 1.807) is 0 Å². The molecule has 0 aromatic heterocycles. The Morgan fingerprint density at radius 3 is 0.618 bits per heavy atom. The normalized spacial score (nSPS) is 15.3. The second kappa shape index (κ2) is 10.8. The van der Waals surface area contributed by atoms with Crippen LogP contribution in [0.15, 0.2) is 0 Å². The van der Waals surface area contributed by atoms with Crippen LogP contribution in [-0.2, 0) is 19.2 Å². The zero-order valence-electron chi connectivity index (χ0n) is 13.6. The van der Waals surface area contributed by atoms with Crippen molar-refractivity contribution in [3.05, 3.63) is 0 Å². The molecule has 0 aliphatic carbocycles. The molecule has 0 aliphatic heterocycles. The van der Waals surface area contributed by atoms with Crippen molar-refractivity contribution in [3.63, 3.8) is 0 Å². The molecule has 4 nitrogen and oxygen atoms in total. The number of halogens is 20. The van der Waals surface area contributed by atoms with Crippen LogP contribution in [0.5, 0.6) is 0 Å². The van der Waals surface area contributed by atoms with Crippen molar-refractivity contribution in [1.82, 2.24) is 0 Å². The van der Waals surface area contributed by atoms with Gasteiger partial charge >= 0.3 is 110 Å². The van der Waals surface area contributed by atoms with Gasteiger partial charge in [-0.25, -0.2) is 0 Å². The molecule has 0 fully saturated rings. The van der Waals surface area contributed by atoms with E-state index in [1.807, 2.05) is 8.78 Å². The van der Waals surface area contributed by atoms with E-state index in [1.165, 1.54) is 0 Å². The quantitative estimate of drug-likeness (QED) is 0.289. The van der Waals surface area contributed by atoms with Crippen molar-refractivity contribution in [3.8, 4) is 0 Å². The summed E-state index contributed by atoms with van der Waals surface area (Å²) in [7, 11) is -4.99. The van der Waals surface area contributed by atoms with E-state index in [2.05, 4.69) is 0 Å². The molecule has 0 amide bonds. The zero-order valence-corrected chi connectivity index (χ0v) is 14.4. The predicted octanol–water partition coefficient (Wildman–Crippen LogP) is 5.31. The molecule has 204 valence electrons. The summed E-state index contributed by atoms with van der Waals surface area (Å²) in [5, 5.41) is 0. The molecule has 0 saturated carbocycles. The topological polar surface area (TPSA) is 52.6 Å². The van der Waals surface area contributed by atoms with Crippen molar-refractivity contribution < 1.29 is 105 Å². The van der Waals surface area contributed by atoms with Crippen LogP contribution < -0.4 is 0 Å². The van der Waals surface area contributed by atoms with E-state index < -0.39 is 58.3 Å². The van der Waals surface area contributed by atoms with E-state index >= 15 is 0 Å². The van der Waals surface area contributed by atoms with Crippen molar-refractivity contribution in [2.45, 2.75) is 47.9 Å². The SMILES string of the molecule is FC(F)(F)C(F)(F)C(F)(F)C(F)(F)C(F)(F)C(F)(F)C(F)(F)C(F)(F)F.O=S(=O)(OF)OF.[KH]. The second-order valence-electron chi connectivity index (χ2n) is 4.98. The molecule has 0 radical (unpaired) electrons. The van der Waals surface area contributed by atoms with Gasteiger partial charge in [-0.1, -0.05) is 0 Å². The van der Waals surface area contributed by atoms with Gasteiger partial charge in [0.2, 0.25) is 0 Å². The average molecular weight is 612 g/mol. The molecule has 34 heavy (non-hydrogen) atoms. The maximum atomic E-state index is 12.8. The average Bonchev–Trinajstić information content (AvgIpc) is 2.59. The van der Waals surface area contributed by atoms with Gasteiger partial charge in [-0.3, -0.25) is 0 Å². The molecule has 0 saturated heterocycles. The van der Waals surface area contributed by atoms with Gasteiger partial charge in [-0.15, -0.1) is 0 Å². The minimum atomic E-state index is -8.72. The maximum absolute atomic E-state index is 12.8. The van der Waals surface area contributed by atoms with Gasteiger partial charge in [-0.2, -0.15) is 87.4 Å². The fourth-order valence-electron chi connectivity index (χ4n) is 1.15. The van der Waals surface area contributed by atoms with Crippen LogP contribution in [0.4, 0.5) is 88.1 Å². The van der Waals surface area contributed by atoms with Gasteiger partial charge in [0.15, 0.2) is 0 Å². The fourth-order valence-corrected chi connectivity index (χ4v) is 1.17. The Morgan fingerprint density at radius 2 is 0.529 bits per heavy atom. The summed E-state index contributed by atoms with van der Waals surface area (Å²) in [6.45, 7) is 0. The summed E-state index contributed by atoms with van der Waals surface area (Å²) in [5.41, 5.74) is 0. The molecule has 0 aromatic rings. The van der Waals surface area contributed by atoms with Gasteiger partial charge in [0.05, 0.1) is 0 Å². The first kappa shape index (κ1) is 38.6. The minimum absolute atomic E-state index is 0. The van der Waals surface area contributed by atoms with Crippen LogP contribution in [0.2, 0.25) is 0 Å². The van der Waals surface area contributed by atoms with Crippen molar-refractivity contribution in [2.24, 2.45) is 0 Å². The number of alkyl halides is 18. The molecule has 0 bridgehead atoms. The Labute approximate surface area is 214 Å². The number of rotatable bonds is 7. The van der Waals surface area contributed by atoms with E-state index in [4.69, 9.17) is 0 Å². The van der Waals surface area contributed by atoms with E-state index in [0.717, 1.165) is 0 Å². The summed E-state index contributed by atoms with van der Waals surface area (Å²) in [4.78, 5) is 0. The van der Waals surface area contributed by atoms with Gasteiger partial charge in [0, 0.05) is 0 Å². The Morgan fingerprint density at radius 1 is 0.382 bits per heavy atom. The van der Waals surface area contributed by atoms with Gasteiger partial charge in [0.1, 0.15) is 0 Å². The standard InChI is InChI=1S/C8F18.F2O4S.K.H/c9-1(10,3(13,14)5(17,18)7(21,22)23)2(11,12)4(15,16)6(19,20)8(24,25)26;1-5-7(3,4)6-2;;. The Hall–Kier alpha value is 0.106. The molecule has 0 rings (SSSR count). The van der Waals surface area contributed by atoms with E-state index in [9.17, 15) is 96.5 Å². The van der Waals surface area contributed by atoms with Crippen molar-refractivity contribution in [2.75, 3.05) is 0 Å². The molecule has 0 spiro atoms. The third-order valence-electron chi connectivity index (χ3n) is 2.84. The summed E-state index contributed by atoms with van der Waals surface area (Å²) in [6.07, 6.45) is -15.6. The number of hydrogen-bond donors (Lipinski definition) is 0. The van der Waals surface area contributed by atoms with Crippen LogP contribution in [0.25, 0.3) is 0 Å². The third-order valence-corrected chi connectivity index (χ3v) is 3.15. The first-order valence-corrected chi connectivity index (χ1v) is 7.46. The molecule has 0 heterocycles. The first-order valence-electron chi connectivity index (χ1n) is 6.13. The van der Waals surface area contributed by atoms with Gasteiger partial charge in [0.25, 0.3) is 0 Å². The molecule has 0 unspecified atom stereocenters. The Bertz CT molecular complexity index is 710. The van der Waals surface area contributed by atoms with Crippen molar-refractivity contribution in [1.29, 1.82) is 0 Å². The summed E-state index contributed by atoms with van der Waals surface area (Å²) >= 11 is 0. The summed E-state index contributed by atoms with van der Waals surface area (Å²) < 4.78 is 264. The van der Waals surface area contributed by atoms with E-state index in [-0.39, 0.29) is 51.4 Å². The van der Waals surface area contributed by atoms with Crippen LogP contribution in [0.3, 0.4) is 0 Å². The van der Waals surface area contributed by atoms with E-state index in [0.29, 0.717) is 0 Å². The van der Waals surface area contributed by atoms with Crippen LogP contribution >= 0.6 is 0 Å². The molecule has 26 heteroatoms. The first-order chi connectivity index (χ1) is 13.9. The van der Waals surface area contributed by atoms with Gasteiger partial charge < -0.3 is 0 Å². The number of hydrogen-bond acceptors (Lipinski definition) is 4. The Balaban J connectivity index is -0.00000104. The predicted molar refractivity (Wildman–Crippen MR) is 62.2 cm³/mol. The van der Waals surface area contributed by atoms with Gasteiger partial charge in [-0.05, 0) is 17.8 Å². The van der Waals surface area contributed by atoms with Crippen LogP contribution in [0, 0.1) is 0 Å². The summed E-state index contributed by atoms with van der Waals surface area (Å²) in [5.74, 6) is -51.0. The fraction of sp³-hybridized carbons (Fsp3) is 1.00. The summed E-state index contributed by atoms with van der Waals surface area (Å²) in [6, 6.07) is 0. The van der Waals surface area contributed by atoms with Crippen molar-refractivity contribution >= 4 is 61.8 Å². The monoisotopic (exact) mass is 612 g/mol. The second-order valence-corrected chi connectivity index (χ2v) is 6.04. The van der Waals surface area contributed by atoms with Crippen LogP contribution in [-0.4, -0.2) is 108 Å². The molecule has 0 aromatic carbocycles. The Kier molecular flexibility index (Phi) is 12.3. The molecule has 0 aliphatic rings. The third kappa shape index (κ3) is 6.51. The molecule has 0 N–H and O–H groups in total. The van der Waals surface area contributed by atoms with Crippen LogP contribution in [0.1, 0.15) is 0 Å². The molecular formula is C8HF20KO4S.